The van der Waals surface area contributed by atoms with Crippen LogP contribution in [0.15, 0.2) is 28.9 Å². The smallest absolute Gasteiger partial charge is 0.265 e. The topological polar surface area (TPSA) is 81.4 Å². The van der Waals surface area contributed by atoms with E-state index in [1.807, 2.05) is 12.1 Å². The summed E-state index contributed by atoms with van der Waals surface area (Å²) in [6.07, 6.45) is 3.11. The van der Waals surface area contributed by atoms with Crippen LogP contribution in [0.3, 0.4) is 0 Å². The lowest BCUT2D eigenvalue weighted by Crippen LogP contribution is -2.28. The third-order valence-corrected chi connectivity index (χ3v) is 5.27. The minimum atomic E-state index is -0.0570. The van der Waals surface area contributed by atoms with Crippen LogP contribution in [-0.4, -0.2) is 46.1 Å². The van der Waals surface area contributed by atoms with E-state index in [1.165, 1.54) is 16.9 Å². The van der Waals surface area contributed by atoms with Crippen molar-refractivity contribution in [2.24, 2.45) is 0 Å². The van der Waals surface area contributed by atoms with Crippen LogP contribution in [0.4, 0.5) is 0 Å². The number of benzene rings is 1. The van der Waals surface area contributed by atoms with Crippen LogP contribution in [0.25, 0.3) is 10.6 Å². The normalized spacial score (nSPS) is 12.7. The third-order valence-electron chi connectivity index (χ3n) is 4.24. The van der Waals surface area contributed by atoms with Crippen molar-refractivity contribution in [3.63, 3.8) is 0 Å². The first kappa shape index (κ1) is 16.7. The number of aromatic nitrogens is 3. The quantitative estimate of drug-likeness (QED) is 0.687. The average molecular weight is 370 g/mol. The lowest BCUT2D eigenvalue weighted by molar-refractivity contribution is 0.0800. The van der Waals surface area contributed by atoms with Crippen molar-refractivity contribution in [2.45, 2.75) is 19.8 Å². The van der Waals surface area contributed by atoms with E-state index in [0.717, 1.165) is 29.3 Å². The number of fused-ring (bicyclic) bond motifs is 1. The summed E-state index contributed by atoms with van der Waals surface area (Å²) in [7, 11) is 1.77. The summed E-state index contributed by atoms with van der Waals surface area (Å²) in [5.74, 6) is 2.02. The molecule has 26 heavy (non-hydrogen) atoms. The monoisotopic (exact) mass is 370 g/mol. The van der Waals surface area contributed by atoms with Crippen LogP contribution in [0.5, 0.6) is 5.75 Å². The van der Waals surface area contributed by atoms with E-state index >= 15 is 0 Å². The van der Waals surface area contributed by atoms with Gasteiger partial charge in [-0.05, 0) is 23.8 Å². The third kappa shape index (κ3) is 3.32. The molecule has 1 amide bonds. The highest BCUT2D eigenvalue weighted by atomic mass is 32.1. The van der Waals surface area contributed by atoms with E-state index in [9.17, 15) is 4.79 Å². The van der Waals surface area contributed by atoms with Crippen molar-refractivity contribution in [1.29, 1.82) is 0 Å². The second-order valence-electron chi connectivity index (χ2n) is 6.16. The zero-order valence-corrected chi connectivity index (χ0v) is 15.4. The zero-order valence-electron chi connectivity index (χ0n) is 14.6. The molecule has 3 aromatic rings. The maximum atomic E-state index is 12.6. The van der Waals surface area contributed by atoms with Crippen LogP contribution in [0.1, 0.15) is 27.0 Å². The predicted octanol–water partition coefficient (Wildman–Crippen LogP) is 2.75. The number of aryl methyl sites for hydroxylation is 1. The highest BCUT2D eigenvalue weighted by Gasteiger charge is 2.18. The number of ether oxygens (including phenoxy) is 1. The van der Waals surface area contributed by atoms with Gasteiger partial charge in [-0.3, -0.25) is 4.79 Å². The molecule has 0 saturated carbocycles. The molecular weight excluding hydrogens is 352 g/mol. The van der Waals surface area contributed by atoms with Crippen molar-refractivity contribution >= 4 is 17.2 Å². The zero-order chi connectivity index (χ0) is 18.1. The second kappa shape index (κ2) is 6.87. The number of amides is 1. The van der Waals surface area contributed by atoms with E-state index < -0.39 is 0 Å². The van der Waals surface area contributed by atoms with E-state index in [-0.39, 0.29) is 5.91 Å². The van der Waals surface area contributed by atoms with Gasteiger partial charge in [-0.25, -0.2) is 4.98 Å². The predicted molar refractivity (Wildman–Crippen MR) is 96.4 cm³/mol. The number of hydrogen-bond donors (Lipinski definition) is 0. The van der Waals surface area contributed by atoms with E-state index in [4.69, 9.17) is 9.26 Å². The van der Waals surface area contributed by atoms with Gasteiger partial charge >= 0.3 is 0 Å². The van der Waals surface area contributed by atoms with Crippen LogP contribution in [-0.2, 0) is 12.8 Å². The molecule has 0 bridgehead atoms. The number of thiazole rings is 1. The maximum Gasteiger partial charge on any atom is 0.265 e. The van der Waals surface area contributed by atoms with E-state index in [2.05, 4.69) is 21.2 Å². The molecule has 134 valence electrons. The molecule has 4 rings (SSSR count). The van der Waals surface area contributed by atoms with E-state index in [0.29, 0.717) is 29.6 Å². The SMILES string of the molecule is Cc1nc(CCN(C)C(=O)c2cnc(-c3ccc4c(c3)CCO4)s2)no1. The summed E-state index contributed by atoms with van der Waals surface area (Å²) >= 11 is 1.40. The molecule has 8 heteroatoms. The molecule has 1 aromatic carbocycles. The molecule has 7 nitrogen and oxygen atoms in total. The number of nitrogens with zero attached hydrogens (tertiary/aromatic N) is 4. The Balaban J connectivity index is 1.44. The van der Waals surface area contributed by atoms with Crippen molar-refractivity contribution in [2.75, 3.05) is 20.2 Å². The minimum Gasteiger partial charge on any atom is -0.493 e. The fourth-order valence-corrected chi connectivity index (χ4v) is 3.73. The summed E-state index contributed by atoms with van der Waals surface area (Å²) in [4.78, 5) is 23.5. The Labute approximate surface area is 154 Å². The van der Waals surface area contributed by atoms with Gasteiger partial charge in [0.1, 0.15) is 15.6 Å². The largest absolute Gasteiger partial charge is 0.493 e. The summed E-state index contributed by atoms with van der Waals surface area (Å²) in [6, 6.07) is 6.05. The molecule has 2 aromatic heterocycles. The van der Waals surface area contributed by atoms with Gasteiger partial charge < -0.3 is 14.2 Å². The van der Waals surface area contributed by atoms with Gasteiger partial charge in [0.15, 0.2) is 5.82 Å². The highest BCUT2D eigenvalue weighted by molar-refractivity contribution is 7.16. The molecule has 1 aliphatic rings. The van der Waals surface area contributed by atoms with Gasteiger partial charge in [-0.2, -0.15) is 4.98 Å². The molecule has 0 aliphatic carbocycles. The van der Waals surface area contributed by atoms with E-state index in [1.54, 1.807) is 25.1 Å². The van der Waals surface area contributed by atoms with Crippen molar-refractivity contribution in [3.8, 4) is 16.3 Å². The molecule has 0 spiro atoms. The van der Waals surface area contributed by atoms with Crippen molar-refractivity contribution in [3.05, 3.63) is 46.6 Å². The Kier molecular flexibility index (Phi) is 4.42. The highest BCUT2D eigenvalue weighted by Crippen LogP contribution is 2.32. The van der Waals surface area contributed by atoms with Crippen molar-refractivity contribution in [1.82, 2.24) is 20.0 Å². The first-order valence-electron chi connectivity index (χ1n) is 8.37. The molecule has 0 saturated heterocycles. The standard InChI is InChI=1S/C18H18N4O3S/c1-11-20-16(21-25-11)5-7-22(2)18(23)15-10-19-17(26-15)13-3-4-14-12(9-13)6-8-24-14/h3-4,9-10H,5-8H2,1-2H3. The van der Waals surface area contributed by atoms with Gasteiger partial charge in [0.2, 0.25) is 5.89 Å². The lowest BCUT2D eigenvalue weighted by atomic mass is 10.1. The number of carbonyl (C=O) groups is 1. The number of likely N-dealkylation sites (N-methyl/N-ethyl adjacent to an activating group) is 1. The summed E-state index contributed by atoms with van der Waals surface area (Å²) in [5.41, 5.74) is 2.21. The molecule has 3 heterocycles. The Bertz CT molecular complexity index is 950. The van der Waals surface area contributed by atoms with Gasteiger partial charge in [0.05, 0.1) is 12.8 Å². The Morgan fingerprint density at radius 1 is 1.38 bits per heavy atom. The minimum absolute atomic E-state index is 0.0570. The summed E-state index contributed by atoms with van der Waals surface area (Å²) in [6.45, 7) is 2.99. The molecule has 0 atom stereocenters. The van der Waals surface area contributed by atoms with Crippen molar-refractivity contribution < 1.29 is 14.1 Å². The first-order valence-corrected chi connectivity index (χ1v) is 9.18. The molecule has 0 N–H and O–H groups in total. The number of carbonyl (C=O) groups excluding carboxylic acids is 1. The first-order chi connectivity index (χ1) is 12.6. The van der Waals surface area contributed by atoms with Crippen LogP contribution in [0.2, 0.25) is 0 Å². The Hall–Kier alpha value is -2.74. The molecule has 1 aliphatic heterocycles. The molecule has 0 fully saturated rings. The Morgan fingerprint density at radius 3 is 3.08 bits per heavy atom. The average Bonchev–Trinajstić information content (AvgIpc) is 3.38. The molecule has 0 unspecified atom stereocenters. The number of rotatable bonds is 5. The number of hydrogen-bond acceptors (Lipinski definition) is 7. The van der Waals surface area contributed by atoms with Gasteiger partial charge in [-0.15, -0.1) is 11.3 Å². The van der Waals surface area contributed by atoms with Crippen LogP contribution >= 0.6 is 11.3 Å². The summed E-state index contributed by atoms with van der Waals surface area (Å²) in [5, 5.41) is 4.69. The second-order valence-corrected chi connectivity index (χ2v) is 7.19. The molecule has 0 radical (unpaired) electrons. The Morgan fingerprint density at radius 2 is 2.27 bits per heavy atom. The van der Waals surface area contributed by atoms with Crippen LogP contribution < -0.4 is 4.74 Å². The summed E-state index contributed by atoms with van der Waals surface area (Å²) < 4.78 is 10.5. The lowest BCUT2D eigenvalue weighted by Gasteiger charge is -2.14. The maximum absolute atomic E-state index is 12.6. The molecular formula is C18H18N4O3S. The van der Waals surface area contributed by atoms with Crippen LogP contribution in [0, 0.1) is 6.92 Å². The van der Waals surface area contributed by atoms with Gasteiger partial charge in [0, 0.05) is 38.9 Å². The van der Waals surface area contributed by atoms with Gasteiger partial charge in [0.25, 0.3) is 5.91 Å². The fourth-order valence-electron chi connectivity index (χ4n) is 2.83. The van der Waals surface area contributed by atoms with Gasteiger partial charge in [-0.1, -0.05) is 5.16 Å². The fraction of sp³-hybridized carbons (Fsp3) is 0.333.